The fourth-order valence-electron chi connectivity index (χ4n) is 1.91. The second-order valence-electron chi connectivity index (χ2n) is 4.64. The third-order valence-corrected chi connectivity index (χ3v) is 2.88. The third kappa shape index (κ3) is 3.30. The molecule has 0 aliphatic rings. The number of ether oxygens (including phenoxy) is 1. The van der Waals surface area contributed by atoms with Crippen molar-refractivity contribution < 1.29 is 9.53 Å². The quantitative estimate of drug-likeness (QED) is 0.793. The van der Waals surface area contributed by atoms with E-state index < -0.39 is 0 Å². The average Bonchev–Trinajstić information content (AvgIpc) is 2.82. The van der Waals surface area contributed by atoms with Gasteiger partial charge in [-0.1, -0.05) is 0 Å². The van der Waals surface area contributed by atoms with Crippen LogP contribution in [0.5, 0.6) is 0 Å². The topological polar surface area (TPSA) is 81.4 Å². The van der Waals surface area contributed by atoms with Crippen molar-refractivity contribution in [2.75, 3.05) is 20.3 Å². The molecule has 2 aromatic rings. The number of nitrogens with zero attached hydrogens (tertiary/aromatic N) is 4. The first-order chi connectivity index (χ1) is 9.61. The van der Waals surface area contributed by atoms with Crippen molar-refractivity contribution in [3.63, 3.8) is 0 Å². The maximum absolute atomic E-state index is 11.9. The lowest BCUT2D eigenvalue weighted by atomic mass is 10.3. The molecule has 0 aliphatic carbocycles. The van der Waals surface area contributed by atoms with Gasteiger partial charge >= 0.3 is 0 Å². The summed E-state index contributed by atoms with van der Waals surface area (Å²) in [7, 11) is 1.66. The van der Waals surface area contributed by atoms with Crippen molar-refractivity contribution in [2.24, 2.45) is 0 Å². The van der Waals surface area contributed by atoms with Crippen LogP contribution in [0.4, 0.5) is 0 Å². The Morgan fingerprint density at radius 1 is 1.35 bits per heavy atom. The van der Waals surface area contributed by atoms with Crippen molar-refractivity contribution in [3.8, 4) is 0 Å². The van der Waals surface area contributed by atoms with Gasteiger partial charge in [-0.05, 0) is 32.8 Å². The largest absolute Gasteiger partial charge is 0.385 e. The number of carbonyl (C=O) groups excluding carboxylic acids is 1. The Morgan fingerprint density at radius 2 is 2.15 bits per heavy atom. The van der Waals surface area contributed by atoms with Crippen LogP contribution in [-0.2, 0) is 4.74 Å². The molecule has 2 aromatic heterocycles. The van der Waals surface area contributed by atoms with Gasteiger partial charge in [-0.15, -0.1) is 5.10 Å². The Hall–Kier alpha value is -2.02. The molecule has 0 saturated heterocycles. The molecular weight excluding hydrogens is 258 g/mol. The van der Waals surface area contributed by atoms with Crippen LogP contribution in [0.25, 0.3) is 5.78 Å². The molecule has 2 rings (SSSR count). The predicted octanol–water partition coefficient (Wildman–Crippen LogP) is 0.898. The molecule has 0 aromatic carbocycles. The Morgan fingerprint density at radius 3 is 2.90 bits per heavy atom. The molecule has 0 unspecified atom stereocenters. The van der Waals surface area contributed by atoms with Gasteiger partial charge < -0.3 is 10.1 Å². The standard InChI is InChI=1S/C13H19N5O2/c1-9-8-10(2)18-13(15-9)16-11(17-18)12(19)14-6-4-5-7-20-3/h8H,4-7H2,1-3H3,(H,14,19). The van der Waals surface area contributed by atoms with Gasteiger partial charge in [0.25, 0.3) is 11.7 Å². The average molecular weight is 277 g/mol. The van der Waals surface area contributed by atoms with Gasteiger partial charge in [-0.25, -0.2) is 9.50 Å². The molecule has 1 amide bonds. The number of fused-ring (bicyclic) bond motifs is 1. The van der Waals surface area contributed by atoms with E-state index in [9.17, 15) is 4.79 Å². The van der Waals surface area contributed by atoms with Crippen molar-refractivity contribution in [3.05, 3.63) is 23.3 Å². The van der Waals surface area contributed by atoms with Crippen molar-refractivity contribution in [1.29, 1.82) is 0 Å². The zero-order valence-corrected chi connectivity index (χ0v) is 12.0. The lowest BCUT2D eigenvalue weighted by Gasteiger charge is -2.01. The molecule has 2 heterocycles. The molecule has 0 spiro atoms. The van der Waals surface area contributed by atoms with Crippen LogP contribution < -0.4 is 5.32 Å². The van der Waals surface area contributed by atoms with E-state index in [1.165, 1.54) is 0 Å². The van der Waals surface area contributed by atoms with Crippen molar-refractivity contribution >= 4 is 11.7 Å². The van der Waals surface area contributed by atoms with Gasteiger partial charge in [0.2, 0.25) is 5.82 Å². The van der Waals surface area contributed by atoms with Crippen LogP contribution in [0.3, 0.4) is 0 Å². The molecule has 7 nitrogen and oxygen atoms in total. The summed E-state index contributed by atoms with van der Waals surface area (Å²) in [6, 6.07) is 1.90. The number of amides is 1. The second kappa shape index (κ2) is 6.42. The summed E-state index contributed by atoms with van der Waals surface area (Å²) < 4.78 is 6.53. The fourth-order valence-corrected chi connectivity index (χ4v) is 1.91. The van der Waals surface area contributed by atoms with E-state index >= 15 is 0 Å². The zero-order chi connectivity index (χ0) is 14.5. The van der Waals surface area contributed by atoms with Crippen LogP contribution in [0, 0.1) is 13.8 Å². The van der Waals surface area contributed by atoms with Crippen molar-refractivity contribution in [2.45, 2.75) is 26.7 Å². The number of hydrogen-bond donors (Lipinski definition) is 1. The number of aromatic nitrogens is 4. The minimum absolute atomic E-state index is 0.151. The molecule has 0 saturated carbocycles. The lowest BCUT2D eigenvalue weighted by Crippen LogP contribution is -2.25. The highest BCUT2D eigenvalue weighted by atomic mass is 16.5. The highest BCUT2D eigenvalue weighted by molar-refractivity contribution is 5.90. The van der Waals surface area contributed by atoms with Crippen LogP contribution in [0.1, 0.15) is 34.8 Å². The molecule has 0 fully saturated rings. The minimum Gasteiger partial charge on any atom is -0.385 e. The minimum atomic E-state index is -0.273. The Balaban J connectivity index is 2.02. The molecule has 7 heteroatoms. The monoisotopic (exact) mass is 277 g/mol. The molecule has 0 aliphatic heterocycles. The van der Waals surface area contributed by atoms with Gasteiger partial charge in [-0.2, -0.15) is 4.98 Å². The molecule has 0 bridgehead atoms. The summed E-state index contributed by atoms with van der Waals surface area (Å²) in [5, 5.41) is 6.97. The maximum Gasteiger partial charge on any atom is 0.291 e. The first-order valence-corrected chi connectivity index (χ1v) is 6.60. The summed E-state index contributed by atoms with van der Waals surface area (Å²) in [5.74, 6) is 0.329. The van der Waals surface area contributed by atoms with Crippen molar-refractivity contribution in [1.82, 2.24) is 24.9 Å². The molecule has 108 valence electrons. The Kier molecular flexibility index (Phi) is 4.62. The Labute approximate surface area is 117 Å². The van der Waals surface area contributed by atoms with Gasteiger partial charge in [-0.3, -0.25) is 4.79 Å². The van der Waals surface area contributed by atoms with E-state index in [2.05, 4.69) is 20.4 Å². The summed E-state index contributed by atoms with van der Waals surface area (Å²) in [5.41, 5.74) is 1.76. The summed E-state index contributed by atoms with van der Waals surface area (Å²) in [6.07, 6.45) is 1.78. The fraction of sp³-hybridized carbons (Fsp3) is 0.538. The first kappa shape index (κ1) is 14.4. The lowest BCUT2D eigenvalue weighted by molar-refractivity contribution is 0.0941. The zero-order valence-electron chi connectivity index (χ0n) is 12.0. The van der Waals surface area contributed by atoms with E-state index in [1.54, 1.807) is 11.6 Å². The van der Waals surface area contributed by atoms with Gasteiger partial charge in [0.1, 0.15) is 0 Å². The Bertz CT molecular complexity index is 608. The van der Waals surface area contributed by atoms with E-state index in [0.29, 0.717) is 18.9 Å². The highest BCUT2D eigenvalue weighted by Crippen LogP contribution is 2.05. The number of methoxy groups -OCH3 is 1. The molecule has 0 atom stereocenters. The molecule has 0 radical (unpaired) electrons. The SMILES string of the molecule is COCCCCNC(=O)c1nc2nc(C)cc(C)n2n1. The first-order valence-electron chi connectivity index (χ1n) is 6.60. The summed E-state index contributed by atoms with van der Waals surface area (Å²) in [4.78, 5) is 20.3. The second-order valence-corrected chi connectivity index (χ2v) is 4.64. The number of hydrogen-bond acceptors (Lipinski definition) is 5. The summed E-state index contributed by atoms with van der Waals surface area (Å²) in [6.45, 7) is 5.08. The van der Waals surface area contributed by atoms with Crippen LogP contribution >= 0.6 is 0 Å². The molecular formula is C13H19N5O2. The maximum atomic E-state index is 11.9. The van der Waals surface area contributed by atoms with Gasteiger partial charge in [0.05, 0.1) is 0 Å². The number of rotatable bonds is 6. The molecule has 1 N–H and O–H groups in total. The van der Waals surface area contributed by atoms with Crippen LogP contribution in [0.2, 0.25) is 0 Å². The highest BCUT2D eigenvalue weighted by Gasteiger charge is 2.14. The smallest absolute Gasteiger partial charge is 0.291 e. The number of unbranched alkanes of at least 4 members (excludes halogenated alkanes) is 1. The number of carbonyl (C=O) groups is 1. The van der Waals surface area contributed by atoms with Crippen LogP contribution in [0.15, 0.2) is 6.07 Å². The number of nitrogens with one attached hydrogen (secondary N) is 1. The van der Waals surface area contributed by atoms with Gasteiger partial charge in [0, 0.05) is 31.6 Å². The normalized spacial score (nSPS) is 10.9. The number of aryl methyl sites for hydroxylation is 2. The molecule has 20 heavy (non-hydrogen) atoms. The van der Waals surface area contributed by atoms with E-state index in [-0.39, 0.29) is 11.7 Å². The van der Waals surface area contributed by atoms with E-state index in [4.69, 9.17) is 4.74 Å². The van der Waals surface area contributed by atoms with Gasteiger partial charge in [0.15, 0.2) is 0 Å². The summed E-state index contributed by atoms with van der Waals surface area (Å²) >= 11 is 0. The van der Waals surface area contributed by atoms with Crippen LogP contribution in [-0.4, -0.2) is 45.8 Å². The third-order valence-electron chi connectivity index (χ3n) is 2.88. The van der Waals surface area contributed by atoms with E-state index in [0.717, 1.165) is 24.2 Å². The van der Waals surface area contributed by atoms with E-state index in [1.807, 2.05) is 19.9 Å². The predicted molar refractivity (Wildman–Crippen MR) is 73.7 cm³/mol.